The summed E-state index contributed by atoms with van der Waals surface area (Å²) in [7, 11) is 0. The smallest absolute Gasteiger partial charge is 0.251 e. The van der Waals surface area contributed by atoms with Crippen molar-refractivity contribution in [2.24, 2.45) is 23.5 Å². The van der Waals surface area contributed by atoms with Gasteiger partial charge < -0.3 is 21.3 Å². The van der Waals surface area contributed by atoms with E-state index in [1.165, 1.54) is 0 Å². The molecule has 0 saturated heterocycles. The Labute approximate surface area is 161 Å². The predicted molar refractivity (Wildman–Crippen MR) is 107 cm³/mol. The first-order valence-electron chi connectivity index (χ1n) is 10.2. The van der Waals surface area contributed by atoms with Crippen LogP contribution in [-0.4, -0.2) is 48.9 Å². The van der Waals surface area contributed by atoms with E-state index in [1.54, 1.807) is 24.3 Å². The lowest BCUT2D eigenvalue weighted by Gasteiger charge is -2.27. The molecular formula is C21H32N4O2. The van der Waals surface area contributed by atoms with E-state index in [9.17, 15) is 9.59 Å². The summed E-state index contributed by atoms with van der Waals surface area (Å²) in [4.78, 5) is 27.1. The lowest BCUT2D eigenvalue weighted by atomic mass is 9.84. The van der Waals surface area contributed by atoms with Gasteiger partial charge in [0.15, 0.2) is 0 Å². The molecule has 2 fully saturated rings. The van der Waals surface area contributed by atoms with E-state index in [2.05, 4.69) is 29.4 Å². The maximum atomic E-state index is 12.6. The molecule has 0 aliphatic heterocycles. The maximum absolute atomic E-state index is 12.6. The number of anilines is 1. The molecule has 2 aliphatic rings. The van der Waals surface area contributed by atoms with Gasteiger partial charge in [-0.3, -0.25) is 9.59 Å². The highest BCUT2D eigenvalue weighted by molar-refractivity contribution is 5.96. The van der Waals surface area contributed by atoms with Crippen molar-refractivity contribution in [2.75, 3.05) is 31.5 Å². The summed E-state index contributed by atoms with van der Waals surface area (Å²) in [5.74, 6) is 0.794. The van der Waals surface area contributed by atoms with Crippen LogP contribution >= 0.6 is 0 Å². The van der Waals surface area contributed by atoms with Gasteiger partial charge in [-0.25, -0.2) is 0 Å². The normalized spacial score (nSPS) is 26.4. The Morgan fingerprint density at radius 3 is 2.37 bits per heavy atom. The summed E-state index contributed by atoms with van der Waals surface area (Å²) in [5, 5.41) is 5.92. The first kappa shape index (κ1) is 19.8. The van der Waals surface area contributed by atoms with Crippen LogP contribution < -0.4 is 16.4 Å². The van der Waals surface area contributed by atoms with Gasteiger partial charge in [-0.2, -0.15) is 0 Å². The third-order valence-corrected chi connectivity index (χ3v) is 6.31. The zero-order valence-corrected chi connectivity index (χ0v) is 16.4. The summed E-state index contributed by atoms with van der Waals surface area (Å²) >= 11 is 0. The van der Waals surface area contributed by atoms with Gasteiger partial charge in [-0.1, -0.05) is 13.8 Å². The third-order valence-electron chi connectivity index (χ3n) is 6.31. The standard InChI is InChI=1S/C21H32N4O2/c1-3-25(4-2)12-11-23-20(26)14-7-9-17(10-8-14)24-21(27)18-15-5-6-16(13-15)19(18)22/h7-10,15-16,18-19H,3-6,11-13,22H2,1-2H3,(H,23,26)(H,24,27). The van der Waals surface area contributed by atoms with E-state index >= 15 is 0 Å². The van der Waals surface area contributed by atoms with Crippen LogP contribution in [0.4, 0.5) is 5.69 Å². The van der Waals surface area contributed by atoms with Crippen LogP contribution in [0, 0.1) is 17.8 Å². The summed E-state index contributed by atoms with van der Waals surface area (Å²) in [6, 6.07) is 7.07. The zero-order valence-electron chi connectivity index (χ0n) is 16.4. The van der Waals surface area contributed by atoms with Gasteiger partial charge in [0.2, 0.25) is 5.91 Å². The molecule has 1 aromatic rings. The number of nitrogens with zero attached hydrogens (tertiary/aromatic N) is 1. The second-order valence-corrected chi connectivity index (χ2v) is 7.79. The lowest BCUT2D eigenvalue weighted by Crippen LogP contribution is -2.42. The number of benzene rings is 1. The number of amides is 2. The Morgan fingerprint density at radius 1 is 1.11 bits per heavy atom. The van der Waals surface area contributed by atoms with Gasteiger partial charge >= 0.3 is 0 Å². The number of nitrogens with one attached hydrogen (secondary N) is 2. The van der Waals surface area contributed by atoms with Crippen molar-refractivity contribution in [3.8, 4) is 0 Å². The quantitative estimate of drug-likeness (QED) is 0.652. The van der Waals surface area contributed by atoms with Gasteiger partial charge in [0.05, 0.1) is 5.92 Å². The van der Waals surface area contributed by atoms with Gasteiger partial charge in [0, 0.05) is 30.4 Å². The minimum Gasteiger partial charge on any atom is -0.351 e. The molecule has 6 heteroatoms. The molecular weight excluding hydrogens is 340 g/mol. The van der Waals surface area contributed by atoms with Crippen LogP contribution in [0.15, 0.2) is 24.3 Å². The number of likely N-dealkylation sites (N-methyl/N-ethyl adjacent to an activating group) is 1. The number of nitrogens with two attached hydrogens (primary N) is 1. The molecule has 2 aliphatic carbocycles. The number of carbonyl (C=O) groups excluding carboxylic acids is 2. The minimum absolute atomic E-state index is 0.0143. The first-order chi connectivity index (χ1) is 13.0. The Bertz CT molecular complexity index is 655. The largest absolute Gasteiger partial charge is 0.351 e. The number of hydrogen-bond acceptors (Lipinski definition) is 4. The Balaban J connectivity index is 1.50. The first-order valence-corrected chi connectivity index (χ1v) is 10.2. The van der Waals surface area contributed by atoms with Gasteiger partial charge in [-0.05, 0) is 68.5 Å². The van der Waals surface area contributed by atoms with E-state index in [1.807, 2.05) is 0 Å². The summed E-state index contributed by atoms with van der Waals surface area (Å²) in [5.41, 5.74) is 7.57. The van der Waals surface area contributed by atoms with Crippen molar-refractivity contribution >= 4 is 17.5 Å². The van der Waals surface area contributed by atoms with Crippen LogP contribution in [0.3, 0.4) is 0 Å². The van der Waals surface area contributed by atoms with Crippen LogP contribution in [0.2, 0.25) is 0 Å². The van der Waals surface area contributed by atoms with Crippen LogP contribution in [0.1, 0.15) is 43.5 Å². The Hall–Kier alpha value is -1.92. The molecule has 148 valence electrons. The van der Waals surface area contributed by atoms with Crippen molar-refractivity contribution in [3.63, 3.8) is 0 Å². The van der Waals surface area contributed by atoms with Crippen molar-refractivity contribution in [2.45, 2.75) is 39.2 Å². The maximum Gasteiger partial charge on any atom is 0.251 e. The van der Waals surface area contributed by atoms with Gasteiger partial charge in [-0.15, -0.1) is 0 Å². The number of hydrogen-bond donors (Lipinski definition) is 3. The summed E-state index contributed by atoms with van der Waals surface area (Å²) in [6.07, 6.45) is 3.36. The molecule has 0 spiro atoms. The van der Waals surface area contributed by atoms with Gasteiger partial charge in [0.1, 0.15) is 0 Å². The van der Waals surface area contributed by atoms with Crippen LogP contribution in [0.25, 0.3) is 0 Å². The Morgan fingerprint density at radius 2 is 1.78 bits per heavy atom. The summed E-state index contributed by atoms with van der Waals surface area (Å²) in [6.45, 7) is 7.65. The van der Waals surface area contributed by atoms with Crippen molar-refractivity contribution in [3.05, 3.63) is 29.8 Å². The lowest BCUT2D eigenvalue weighted by molar-refractivity contribution is -0.121. The second-order valence-electron chi connectivity index (χ2n) is 7.79. The molecule has 1 aromatic carbocycles. The van der Waals surface area contributed by atoms with E-state index in [-0.39, 0.29) is 23.8 Å². The molecule has 2 amide bonds. The third kappa shape index (κ3) is 4.50. The van der Waals surface area contributed by atoms with E-state index in [4.69, 9.17) is 5.73 Å². The fourth-order valence-corrected chi connectivity index (χ4v) is 4.62. The number of fused-ring (bicyclic) bond motifs is 2. The molecule has 0 radical (unpaired) electrons. The topological polar surface area (TPSA) is 87.5 Å². The average molecular weight is 373 g/mol. The monoisotopic (exact) mass is 372 g/mol. The molecule has 2 bridgehead atoms. The molecule has 4 atom stereocenters. The molecule has 4 unspecified atom stereocenters. The zero-order chi connectivity index (χ0) is 19.4. The fraction of sp³-hybridized carbons (Fsp3) is 0.619. The molecule has 0 heterocycles. The minimum atomic E-state index is -0.0878. The predicted octanol–water partition coefficient (Wildman–Crippen LogP) is 2.07. The van der Waals surface area contributed by atoms with E-state index in [0.29, 0.717) is 23.9 Å². The molecule has 3 rings (SSSR count). The summed E-state index contributed by atoms with van der Waals surface area (Å²) < 4.78 is 0. The van der Waals surface area contributed by atoms with Gasteiger partial charge in [0.25, 0.3) is 5.91 Å². The van der Waals surface area contributed by atoms with E-state index < -0.39 is 0 Å². The van der Waals surface area contributed by atoms with Crippen molar-refractivity contribution in [1.29, 1.82) is 0 Å². The molecule has 27 heavy (non-hydrogen) atoms. The number of carbonyl (C=O) groups is 2. The fourth-order valence-electron chi connectivity index (χ4n) is 4.62. The number of rotatable bonds is 8. The van der Waals surface area contributed by atoms with Crippen molar-refractivity contribution < 1.29 is 9.59 Å². The van der Waals surface area contributed by atoms with Crippen LogP contribution in [0.5, 0.6) is 0 Å². The molecule has 6 nitrogen and oxygen atoms in total. The highest BCUT2D eigenvalue weighted by atomic mass is 16.2. The molecule has 0 aromatic heterocycles. The SMILES string of the molecule is CCN(CC)CCNC(=O)c1ccc(NC(=O)C2C3CCC(C3)C2N)cc1. The van der Waals surface area contributed by atoms with Crippen LogP contribution in [-0.2, 0) is 4.79 Å². The van der Waals surface area contributed by atoms with E-state index in [0.717, 1.165) is 44.6 Å². The van der Waals surface area contributed by atoms with Crippen molar-refractivity contribution in [1.82, 2.24) is 10.2 Å². The highest BCUT2D eigenvalue weighted by Crippen LogP contribution is 2.47. The Kier molecular flexibility index (Phi) is 6.50. The average Bonchev–Trinajstić information content (AvgIpc) is 3.27. The molecule has 2 saturated carbocycles. The molecule has 4 N–H and O–H groups in total. The second kappa shape index (κ2) is 8.85. The highest BCUT2D eigenvalue weighted by Gasteiger charge is 2.49.